The summed E-state index contributed by atoms with van der Waals surface area (Å²) in [6.45, 7) is 0.136. The largest absolute Gasteiger partial charge is 0.323 e. The molecule has 1 atom stereocenters. The second-order valence-electron chi connectivity index (χ2n) is 4.55. The van der Waals surface area contributed by atoms with Gasteiger partial charge in [0.25, 0.3) is 0 Å². The van der Waals surface area contributed by atoms with Crippen molar-refractivity contribution in [1.29, 1.82) is 0 Å². The maximum absolute atomic E-state index is 12.4. The SMILES string of the molecule is O=C1CN(C(=O)C2CCSC2)c2ccccc2N1. The van der Waals surface area contributed by atoms with Crippen LogP contribution in [0.1, 0.15) is 6.42 Å². The first-order valence-corrected chi connectivity index (χ1v) is 7.19. The van der Waals surface area contributed by atoms with Crippen molar-refractivity contribution in [3.8, 4) is 0 Å². The summed E-state index contributed by atoms with van der Waals surface area (Å²) >= 11 is 1.81. The van der Waals surface area contributed by atoms with Crippen LogP contribution in [-0.2, 0) is 9.59 Å². The van der Waals surface area contributed by atoms with Crippen molar-refractivity contribution in [1.82, 2.24) is 0 Å². The Morgan fingerprint density at radius 2 is 2.22 bits per heavy atom. The van der Waals surface area contributed by atoms with E-state index in [-0.39, 0.29) is 24.3 Å². The van der Waals surface area contributed by atoms with Gasteiger partial charge in [0.15, 0.2) is 0 Å². The van der Waals surface area contributed by atoms with E-state index in [0.29, 0.717) is 0 Å². The molecule has 1 N–H and O–H groups in total. The van der Waals surface area contributed by atoms with E-state index < -0.39 is 0 Å². The fourth-order valence-corrected chi connectivity index (χ4v) is 3.59. The fourth-order valence-electron chi connectivity index (χ4n) is 2.38. The van der Waals surface area contributed by atoms with Crippen molar-refractivity contribution in [2.75, 3.05) is 28.3 Å². The van der Waals surface area contributed by atoms with Crippen molar-refractivity contribution >= 4 is 35.0 Å². The van der Waals surface area contributed by atoms with Crippen LogP contribution >= 0.6 is 11.8 Å². The quantitative estimate of drug-likeness (QED) is 0.838. The lowest BCUT2D eigenvalue weighted by Crippen LogP contribution is -2.44. The van der Waals surface area contributed by atoms with Crippen LogP contribution in [0.15, 0.2) is 24.3 Å². The van der Waals surface area contributed by atoms with Crippen LogP contribution in [0.25, 0.3) is 0 Å². The normalized spacial score (nSPS) is 22.6. The molecule has 2 heterocycles. The fraction of sp³-hybridized carbons (Fsp3) is 0.385. The minimum absolute atomic E-state index is 0.0638. The molecular weight excluding hydrogens is 248 g/mol. The van der Waals surface area contributed by atoms with Gasteiger partial charge in [0.2, 0.25) is 11.8 Å². The van der Waals surface area contributed by atoms with Crippen molar-refractivity contribution in [3.63, 3.8) is 0 Å². The van der Waals surface area contributed by atoms with E-state index in [1.54, 1.807) is 4.90 Å². The summed E-state index contributed by atoms with van der Waals surface area (Å²) < 4.78 is 0. The molecule has 2 aliphatic heterocycles. The predicted octanol–water partition coefficient (Wildman–Crippen LogP) is 1.72. The zero-order valence-electron chi connectivity index (χ0n) is 9.89. The number of thioether (sulfide) groups is 1. The van der Waals surface area contributed by atoms with Gasteiger partial charge in [0.05, 0.1) is 11.4 Å². The Kier molecular flexibility index (Phi) is 2.99. The molecule has 2 aliphatic rings. The second-order valence-corrected chi connectivity index (χ2v) is 5.70. The highest BCUT2D eigenvalue weighted by Crippen LogP contribution is 2.32. The number of rotatable bonds is 1. The van der Waals surface area contributed by atoms with E-state index in [2.05, 4.69) is 5.32 Å². The summed E-state index contributed by atoms with van der Waals surface area (Å²) in [5.74, 6) is 1.95. The van der Waals surface area contributed by atoms with Gasteiger partial charge in [-0.2, -0.15) is 11.8 Å². The number of fused-ring (bicyclic) bond motifs is 1. The van der Waals surface area contributed by atoms with Gasteiger partial charge >= 0.3 is 0 Å². The third-order valence-electron chi connectivity index (χ3n) is 3.32. The van der Waals surface area contributed by atoms with Crippen LogP contribution in [0, 0.1) is 5.92 Å². The molecule has 1 unspecified atom stereocenters. The number of nitrogens with zero attached hydrogens (tertiary/aromatic N) is 1. The number of benzene rings is 1. The molecular formula is C13H14N2O2S. The first-order valence-electron chi connectivity index (χ1n) is 6.04. The van der Waals surface area contributed by atoms with E-state index in [4.69, 9.17) is 0 Å². The summed E-state index contributed by atoms with van der Waals surface area (Å²) in [5, 5.41) is 2.80. The Hall–Kier alpha value is -1.49. The van der Waals surface area contributed by atoms with E-state index >= 15 is 0 Å². The van der Waals surface area contributed by atoms with Gasteiger partial charge in [-0.1, -0.05) is 12.1 Å². The summed E-state index contributed by atoms with van der Waals surface area (Å²) in [6, 6.07) is 7.46. The average molecular weight is 262 g/mol. The van der Waals surface area contributed by atoms with Crippen molar-refractivity contribution < 1.29 is 9.59 Å². The molecule has 3 rings (SSSR count). The van der Waals surface area contributed by atoms with Gasteiger partial charge in [0, 0.05) is 11.7 Å². The molecule has 0 aromatic heterocycles. The van der Waals surface area contributed by atoms with E-state index in [1.807, 2.05) is 36.0 Å². The smallest absolute Gasteiger partial charge is 0.244 e. The molecule has 0 aliphatic carbocycles. The summed E-state index contributed by atoms with van der Waals surface area (Å²) in [5.41, 5.74) is 1.55. The van der Waals surface area contributed by atoms with Crippen LogP contribution in [0.5, 0.6) is 0 Å². The molecule has 0 radical (unpaired) electrons. The van der Waals surface area contributed by atoms with Crippen LogP contribution in [0.2, 0.25) is 0 Å². The molecule has 0 spiro atoms. The number of amides is 2. The lowest BCUT2D eigenvalue weighted by molar-refractivity contribution is -0.124. The first-order chi connectivity index (χ1) is 8.75. The second kappa shape index (κ2) is 4.65. The molecule has 1 aromatic carbocycles. The Balaban J connectivity index is 1.92. The van der Waals surface area contributed by atoms with Crippen LogP contribution in [-0.4, -0.2) is 29.9 Å². The minimum atomic E-state index is -0.118. The third kappa shape index (κ3) is 1.99. The molecule has 4 nitrogen and oxygen atoms in total. The highest BCUT2D eigenvalue weighted by Gasteiger charge is 2.32. The van der Waals surface area contributed by atoms with Gasteiger partial charge in [-0.3, -0.25) is 9.59 Å². The predicted molar refractivity (Wildman–Crippen MR) is 72.9 cm³/mol. The van der Waals surface area contributed by atoms with Gasteiger partial charge in [0.1, 0.15) is 6.54 Å². The standard InChI is InChI=1S/C13H14N2O2S/c16-12-7-15(13(17)9-5-6-18-8-9)11-4-2-1-3-10(11)14-12/h1-4,9H,5-8H2,(H,14,16). The Morgan fingerprint density at radius 3 is 3.00 bits per heavy atom. The molecule has 2 amide bonds. The highest BCUT2D eigenvalue weighted by atomic mass is 32.2. The number of carbonyl (C=O) groups excluding carboxylic acids is 2. The van der Waals surface area contributed by atoms with E-state index in [1.165, 1.54) is 0 Å². The minimum Gasteiger partial charge on any atom is -0.323 e. The Labute approximate surface area is 110 Å². The summed E-state index contributed by atoms with van der Waals surface area (Å²) in [6.07, 6.45) is 0.920. The van der Waals surface area contributed by atoms with Crippen molar-refractivity contribution in [3.05, 3.63) is 24.3 Å². The number of hydrogen-bond acceptors (Lipinski definition) is 3. The number of anilines is 2. The van der Waals surface area contributed by atoms with Crippen LogP contribution in [0.3, 0.4) is 0 Å². The molecule has 0 saturated carbocycles. The lowest BCUT2D eigenvalue weighted by atomic mass is 10.1. The van der Waals surface area contributed by atoms with Crippen LogP contribution < -0.4 is 10.2 Å². The zero-order chi connectivity index (χ0) is 12.5. The number of carbonyl (C=O) groups is 2. The molecule has 5 heteroatoms. The highest BCUT2D eigenvalue weighted by molar-refractivity contribution is 7.99. The first kappa shape index (κ1) is 11.6. The molecule has 0 bridgehead atoms. The summed E-state index contributed by atoms with van der Waals surface area (Å²) in [7, 11) is 0. The maximum Gasteiger partial charge on any atom is 0.244 e. The Bertz CT molecular complexity index is 498. The molecule has 18 heavy (non-hydrogen) atoms. The van der Waals surface area contributed by atoms with Crippen molar-refractivity contribution in [2.24, 2.45) is 5.92 Å². The molecule has 1 fully saturated rings. The van der Waals surface area contributed by atoms with E-state index in [9.17, 15) is 9.59 Å². The van der Waals surface area contributed by atoms with Crippen molar-refractivity contribution in [2.45, 2.75) is 6.42 Å². The van der Waals surface area contributed by atoms with Gasteiger partial charge < -0.3 is 10.2 Å². The number of para-hydroxylation sites is 2. The topological polar surface area (TPSA) is 49.4 Å². The zero-order valence-corrected chi connectivity index (χ0v) is 10.7. The monoisotopic (exact) mass is 262 g/mol. The molecule has 1 aromatic rings. The van der Waals surface area contributed by atoms with Crippen LogP contribution in [0.4, 0.5) is 11.4 Å². The molecule has 1 saturated heterocycles. The third-order valence-corrected chi connectivity index (χ3v) is 4.48. The average Bonchev–Trinajstić information content (AvgIpc) is 2.90. The molecule has 94 valence electrons. The van der Waals surface area contributed by atoms with Gasteiger partial charge in [-0.05, 0) is 24.3 Å². The number of hydrogen-bond donors (Lipinski definition) is 1. The summed E-state index contributed by atoms with van der Waals surface area (Å²) in [4.78, 5) is 25.7. The van der Waals surface area contributed by atoms with Gasteiger partial charge in [-0.25, -0.2) is 0 Å². The van der Waals surface area contributed by atoms with E-state index in [0.717, 1.165) is 29.3 Å². The Morgan fingerprint density at radius 1 is 1.39 bits per heavy atom. The lowest BCUT2D eigenvalue weighted by Gasteiger charge is -2.30. The number of nitrogens with one attached hydrogen (secondary N) is 1. The maximum atomic E-state index is 12.4. The van der Waals surface area contributed by atoms with Gasteiger partial charge in [-0.15, -0.1) is 0 Å².